The highest BCUT2D eigenvalue weighted by atomic mass is 16.5. The zero-order valence-corrected chi connectivity index (χ0v) is 9.01. The van der Waals surface area contributed by atoms with Gasteiger partial charge in [-0.3, -0.25) is 4.79 Å². The second-order valence-electron chi connectivity index (χ2n) is 3.47. The first-order valence-electron chi connectivity index (χ1n) is 5.05. The van der Waals surface area contributed by atoms with E-state index in [1.54, 1.807) is 12.1 Å². The fraction of sp³-hybridized carbons (Fsp3) is 0.0769. The summed E-state index contributed by atoms with van der Waals surface area (Å²) in [5, 5.41) is 10.3. The largest absolute Gasteiger partial charge is 0.477 e. The lowest BCUT2D eigenvalue weighted by molar-refractivity contribution is 0.0997. The number of ether oxygens (including phenoxy) is 1. The maximum absolute atomic E-state index is 11.3. The summed E-state index contributed by atoms with van der Waals surface area (Å²) in [5.74, 6) is -0.194. The van der Waals surface area contributed by atoms with Crippen LogP contribution in [0.4, 0.5) is 0 Å². The first kappa shape index (κ1) is 11.0. The quantitative estimate of drug-likeness (QED) is 0.867. The van der Waals surface area contributed by atoms with Crippen molar-refractivity contribution in [3.63, 3.8) is 0 Å². The minimum atomic E-state index is -0.566. The summed E-state index contributed by atoms with van der Waals surface area (Å²) in [4.78, 5) is 11.3. The molecule has 84 valence electrons. The number of amides is 1. The summed E-state index contributed by atoms with van der Waals surface area (Å²) in [7, 11) is 0. The van der Waals surface area contributed by atoms with Crippen LogP contribution in [0.5, 0.6) is 5.75 Å². The van der Waals surface area contributed by atoms with Crippen molar-refractivity contribution >= 4 is 16.7 Å². The molecule has 2 N–H and O–H groups in total. The van der Waals surface area contributed by atoms with Crippen molar-refractivity contribution < 1.29 is 9.53 Å². The van der Waals surface area contributed by atoms with Gasteiger partial charge in [0.15, 0.2) is 6.61 Å². The molecular formula is C13H10N2O2. The number of nitrogens with zero attached hydrogens (tertiary/aromatic N) is 1. The highest BCUT2D eigenvalue weighted by Crippen LogP contribution is 2.29. The Labute approximate surface area is 98.2 Å². The molecule has 2 rings (SSSR count). The van der Waals surface area contributed by atoms with Crippen molar-refractivity contribution in [2.45, 2.75) is 0 Å². The first-order chi connectivity index (χ1) is 8.24. The third kappa shape index (κ3) is 2.04. The average Bonchev–Trinajstić information content (AvgIpc) is 2.35. The standard InChI is InChI=1S/C13H10N2O2/c14-7-8-17-12-10-4-2-1-3-9(10)5-6-11(12)13(15)16/h1-6H,8H2,(H2,15,16). The van der Waals surface area contributed by atoms with Gasteiger partial charge in [0.25, 0.3) is 5.91 Å². The van der Waals surface area contributed by atoms with E-state index in [4.69, 9.17) is 15.7 Å². The van der Waals surface area contributed by atoms with Crippen LogP contribution < -0.4 is 10.5 Å². The summed E-state index contributed by atoms with van der Waals surface area (Å²) >= 11 is 0. The number of fused-ring (bicyclic) bond motifs is 1. The molecule has 0 aliphatic rings. The van der Waals surface area contributed by atoms with E-state index in [9.17, 15) is 4.79 Å². The van der Waals surface area contributed by atoms with Crippen LogP contribution in [0, 0.1) is 11.3 Å². The number of nitrogens with two attached hydrogens (primary N) is 1. The highest BCUT2D eigenvalue weighted by molar-refractivity contribution is 6.03. The number of hydrogen-bond acceptors (Lipinski definition) is 3. The lowest BCUT2D eigenvalue weighted by Crippen LogP contribution is -2.13. The van der Waals surface area contributed by atoms with Crippen LogP contribution in [0.1, 0.15) is 10.4 Å². The van der Waals surface area contributed by atoms with Gasteiger partial charge in [0, 0.05) is 5.39 Å². The van der Waals surface area contributed by atoms with E-state index in [0.717, 1.165) is 10.8 Å². The van der Waals surface area contributed by atoms with E-state index < -0.39 is 5.91 Å². The Morgan fingerprint density at radius 2 is 2.06 bits per heavy atom. The molecule has 0 spiro atoms. The molecule has 2 aromatic rings. The van der Waals surface area contributed by atoms with Gasteiger partial charge in [-0.15, -0.1) is 0 Å². The molecule has 2 aromatic carbocycles. The molecule has 0 aliphatic heterocycles. The molecule has 0 fully saturated rings. The molecule has 1 amide bonds. The topological polar surface area (TPSA) is 76.1 Å². The van der Waals surface area contributed by atoms with Crippen LogP contribution in [0.2, 0.25) is 0 Å². The second kappa shape index (κ2) is 4.54. The lowest BCUT2D eigenvalue weighted by atomic mass is 10.0. The molecule has 4 heteroatoms. The van der Waals surface area contributed by atoms with Crippen molar-refractivity contribution in [3.8, 4) is 11.8 Å². The van der Waals surface area contributed by atoms with Crippen molar-refractivity contribution in [2.75, 3.05) is 6.61 Å². The molecule has 0 saturated heterocycles. The van der Waals surface area contributed by atoms with Gasteiger partial charge in [0.05, 0.1) is 5.56 Å². The summed E-state index contributed by atoms with van der Waals surface area (Å²) in [6.45, 7) is -0.117. The van der Waals surface area contributed by atoms with E-state index in [2.05, 4.69) is 0 Å². The maximum Gasteiger partial charge on any atom is 0.252 e. The SMILES string of the molecule is N#CCOc1c(C(N)=O)ccc2ccccc12. The molecule has 0 atom stereocenters. The molecule has 4 nitrogen and oxygen atoms in total. The molecular weight excluding hydrogens is 216 g/mol. The van der Waals surface area contributed by atoms with Gasteiger partial charge in [0.2, 0.25) is 0 Å². The van der Waals surface area contributed by atoms with Crippen LogP contribution in [0.15, 0.2) is 36.4 Å². The Kier molecular flexibility index (Phi) is 2.93. The van der Waals surface area contributed by atoms with E-state index in [-0.39, 0.29) is 6.61 Å². The third-order valence-electron chi connectivity index (χ3n) is 2.43. The van der Waals surface area contributed by atoms with Gasteiger partial charge in [-0.1, -0.05) is 30.3 Å². The van der Waals surface area contributed by atoms with E-state index >= 15 is 0 Å². The minimum absolute atomic E-state index is 0.117. The zero-order chi connectivity index (χ0) is 12.3. The molecule has 0 radical (unpaired) electrons. The third-order valence-corrected chi connectivity index (χ3v) is 2.43. The monoisotopic (exact) mass is 226 g/mol. The van der Waals surface area contributed by atoms with Crippen molar-refractivity contribution in [1.29, 1.82) is 5.26 Å². The zero-order valence-electron chi connectivity index (χ0n) is 9.01. The summed E-state index contributed by atoms with van der Waals surface area (Å²) in [6.07, 6.45) is 0. The van der Waals surface area contributed by atoms with Gasteiger partial charge < -0.3 is 10.5 Å². The van der Waals surface area contributed by atoms with Crippen LogP contribution in [-0.4, -0.2) is 12.5 Å². The molecule has 0 aromatic heterocycles. The summed E-state index contributed by atoms with van der Waals surface area (Å²) in [5.41, 5.74) is 5.57. The summed E-state index contributed by atoms with van der Waals surface area (Å²) in [6, 6.07) is 12.7. The van der Waals surface area contributed by atoms with Gasteiger partial charge in [-0.25, -0.2) is 0 Å². The predicted octanol–water partition coefficient (Wildman–Crippen LogP) is 1.84. The van der Waals surface area contributed by atoms with Gasteiger partial charge >= 0.3 is 0 Å². The first-order valence-corrected chi connectivity index (χ1v) is 5.05. The lowest BCUT2D eigenvalue weighted by Gasteiger charge is -2.10. The molecule has 17 heavy (non-hydrogen) atoms. The van der Waals surface area contributed by atoms with Crippen molar-refractivity contribution in [2.24, 2.45) is 5.73 Å². The molecule has 0 saturated carbocycles. The average molecular weight is 226 g/mol. The van der Waals surface area contributed by atoms with Crippen LogP contribution in [-0.2, 0) is 0 Å². The fourth-order valence-electron chi connectivity index (χ4n) is 1.70. The smallest absolute Gasteiger partial charge is 0.252 e. The Morgan fingerprint density at radius 1 is 1.29 bits per heavy atom. The molecule has 0 heterocycles. The summed E-state index contributed by atoms with van der Waals surface area (Å²) < 4.78 is 5.30. The van der Waals surface area contributed by atoms with Gasteiger partial charge in [-0.2, -0.15) is 5.26 Å². The van der Waals surface area contributed by atoms with Crippen LogP contribution in [0.3, 0.4) is 0 Å². The number of carbonyl (C=O) groups is 1. The van der Waals surface area contributed by atoms with Gasteiger partial charge in [0.1, 0.15) is 11.8 Å². The molecule has 0 bridgehead atoms. The minimum Gasteiger partial charge on any atom is -0.477 e. The normalized spacial score (nSPS) is 9.82. The van der Waals surface area contributed by atoms with Gasteiger partial charge in [-0.05, 0) is 11.5 Å². The fourth-order valence-corrected chi connectivity index (χ4v) is 1.70. The Bertz CT molecular complexity index is 614. The van der Waals surface area contributed by atoms with Crippen LogP contribution in [0.25, 0.3) is 10.8 Å². The Balaban J connectivity index is 2.66. The highest BCUT2D eigenvalue weighted by Gasteiger charge is 2.12. The van der Waals surface area contributed by atoms with E-state index in [1.807, 2.05) is 30.3 Å². The van der Waals surface area contributed by atoms with Crippen molar-refractivity contribution in [1.82, 2.24) is 0 Å². The number of carbonyl (C=O) groups excluding carboxylic acids is 1. The molecule has 0 unspecified atom stereocenters. The Hall–Kier alpha value is -2.54. The number of benzene rings is 2. The number of nitriles is 1. The maximum atomic E-state index is 11.3. The number of primary amides is 1. The van der Waals surface area contributed by atoms with Crippen molar-refractivity contribution in [3.05, 3.63) is 42.0 Å². The second-order valence-corrected chi connectivity index (χ2v) is 3.47. The molecule has 0 aliphatic carbocycles. The van der Waals surface area contributed by atoms with E-state index in [1.165, 1.54) is 0 Å². The number of rotatable bonds is 3. The van der Waals surface area contributed by atoms with Crippen LogP contribution >= 0.6 is 0 Å². The number of hydrogen-bond donors (Lipinski definition) is 1. The predicted molar refractivity (Wildman–Crippen MR) is 63.6 cm³/mol. The Morgan fingerprint density at radius 3 is 2.76 bits per heavy atom. The van der Waals surface area contributed by atoms with E-state index in [0.29, 0.717) is 11.3 Å².